The Morgan fingerprint density at radius 3 is 2.70 bits per heavy atom. The van der Waals surface area contributed by atoms with Crippen molar-refractivity contribution < 1.29 is 4.79 Å². The van der Waals surface area contributed by atoms with Gasteiger partial charge in [0.25, 0.3) is 0 Å². The van der Waals surface area contributed by atoms with Gasteiger partial charge in [-0.05, 0) is 44.1 Å². The Balaban J connectivity index is 0.00000200. The molecule has 0 aromatic rings. The molecule has 0 aromatic heterocycles. The lowest BCUT2D eigenvalue weighted by Gasteiger charge is -2.32. The number of carbonyl (C=O) groups excluding carboxylic acids is 1. The molecule has 0 bridgehead atoms. The van der Waals surface area contributed by atoms with E-state index in [0.29, 0.717) is 17.9 Å². The monoisotopic (exact) mass is 302 g/mol. The minimum Gasteiger partial charge on any atom is -0.338 e. The quantitative estimate of drug-likeness (QED) is 0.845. The molecule has 3 unspecified atom stereocenters. The number of carbonyl (C=O) groups is 1. The maximum Gasteiger partial charge on any atom is 0.223 e. The van der Waals surface area contributed by atoms with Gasteiger partial charge in [-0.2, -0.15) is 0 Å². The van der Waals surface area contributed by atoms with Crippen molar-refractivity contribution in [1.82, 2.24) is 10.2 Å². The van der Waals surface area contributed by atoms with E-state index >= 15 is 0 Å². The van der Waals surface area contributed by atoms with Gasteiger partial charge >= 0.3 is 0 Å². The predicted octanol–water partition coefficient (Wildman–Crippen LogP) is 3.23. The van der Waals surface area contributed by atoms with Gasteiger partial charge in [0, 0.05) is 25.6 Å². The lowest BCUT2D eigenvalue weighted by molar-refractivity contribution is -0.134. The van der Waals surface area contributed by atoms with Gasteiger partial charge in [0.2, 0.25) is 5.91 Å². The zero-order valence-electron chi connectivity index (χ0n) is 13.1. The van der Waals surface area contributed by atoms with Crippen LogP contribution in [0.4, 0.5) is 0 Å². The highest BCUT2D eigenvalue weighted by Gasteiger charge is 2.28. The van der Waals surface area contributed by atoms with Crippen LogP contribution in [-0.2, 0) is 4.79 Å². The molecule has 1 saturated heterocycles. The molecule has 3 nitrogen and oxygen atoms in total. The van der Waals surface area contributed by atoms with E-state index in [2.05, 4.69) is 24.1 Å². The first-order chi connectivity index (χ1) is 9.20. The largest absolute Gasteiger partial charge is 0.338 e. The molecule has 2 fully saturated rings. The molecule has 1 N–H and O–H groups in total. The van der Waals surface area contributed by atoms with Crippen LogP contribution in [0.2, 0.25) is 0 Å². The first-order valence-electron chi connectivity index (χ1n) is 8.21. The molecule has 1 saturated carbocycles. The van der Waals surface area contributed by atoms with Crippen molar-refractivity contribution in [3.8, 4) is 0 Å². The topological polar surface area (TPSA) is 32.3 Å². The Morgan fingerprint density at radius 1 is 1.30 bits per heavy atom. The second kappa shape index (κ2) is 8.89. The molecule has 2 aliphatic rings. The summed E-state index contributed by atoms with van der Waals surface area (Å²) < 4.78 is 0. The second-order valence-corrected chi connectivity index (χ2v) is 6.58. The molecule has 1 aliphatic carbocycles. The molecule has 4 heteroatoms. The lowest BCUT2D eigenvalue weighted by atomic mass is 9.80. The molecule has 118 valence electrons. The van der Waals surface area contributed by atoms with Crippen molar-refractivity contribution in [3.63, 3.8) is 0 Å². The summed E-state index contributed by atoms with van der Waals surface area (Å²) in [5.41, 5.74) is 0. The van der Waals surface area contributed by atoms with E-state index in [-0.39, 0.29) is 12.4 Å². The summed E-state index contributed by atoms with van der Waals surface area (Å²) in [6.07, 6.45) is 8.19. The van der Waals surface area contributed by atoms with Crippen molar-refractivity contribution in [1.29, 1.82) is 0 Å². The standard InChI is InChI=1S/C16H30N2O.ClH/c1-3-9-18(15-7-8-17-12-15)16(19)11-14-6-4-5-13(2)10-14;/h13-15,17H,3-12H2,1-2H3;1H. The lowest BCUT2D eigenvalue weighted by Crippen LogP contribution is -2.42. The van der Waals surface area contributed by atoms with Crippen LogP contribution in [0.3, 0.4) is 0 Å². The maximum absolute atomic E-state index is 12.6. The molecule has 0 aromatic carbocycles. The van der Waals surface area contributed by atoms with Crippen LogP contribution in [0.1, 0.15) is 58.8 Å². The van der Waals surface area contributed by atoms with Crippen LogP contribution in [-0.4, -0.2) is 36.5 Å². The summed E-state index contributed by atoms with van der Waals surface area (Å²) in [4.78, 5) is 14.8. The van der Waals surface area contributed by atoms with Gasteiger partial charge < -0.3 is 10.2 Å². The third-order valence-corrected chi connectivity index (χ3v) is 4.77. The predicted molar refractivity (Wildman–Crippen MR) is 86.3 cm³/mol. The average molecular weight is 303 g/mol. The van der Waals surface area contributed by atoms with Gasteiger partial charge in [0.15, 0.2) is 0 Å². The van der Waals surface area contributed by atoms with Gasteiger partial charge in [0.1, 0.15) is 0 Å². The number of halogens is 1. The van der Waals surface area contributed by atoms with E-state index in [1.807, 2.05) is 0 Å². The van der Waals surface area contributed by atoms with Crippen LogP contribution in [0.25, 0.3) is 0 Å². The summed E-state index contributed by atoms with van der Waals surface area (Å²) in [7, 11) is 0. The van der Waals surface area contributed by atoms with Crippen LogP contribution in [0.5, 0.6) is 0 Å². The number of hydrogen-bond donors (Lipinski definition) is 1. The van der Waals surface area contributed by atoms with E-state index in [9.17, 15) is 4.79 Å². The highest BCUT2D eigenvalue weighted by atomic mass is 35.5. The SMILES string of the molecule is CCCN(C(=O)CC1CCCC(C)C1)C1CCNC1.Cl. The molecular formula is C16H31ClN2O. The highest BCUT2D eigenvalue weighted by molar-refractivity contribution is 5.85. The number of nitrogens with one attached hydrogen (secondary N) is 1. The van der Waals surface area contributed by atoms with Gasteiger partial charge in [-0.25, -0.2) is 0 Å². The van der Waals surface area contributed by atoms with Crippen molar-refractivity contribution >= 4 is 18.3 Å². The first kappa shape index (κ1) is 17.8. The fourth-order valence-corrected chi connectivity index (χ4v) is 3.77. The van der Waals surface area contributed by atoms with Crippen LogP contribution in [0, 0.1) is 11.8 Å². The van der Waals surface area contributed by atoms with Crippen LogP contribution in [0.15, 0.2) is 0 Å². The minimum absolute atomic E-state index is 0. The van der Waals surface area contributed by atoms with E-state index in [1.165, 1.54) is 25.7 Å². The molecule has 0 spiro atoms. The normalized spacial score (nSPS) is 29.8. The van der Waals surface area contributed by atoms with Crippen LogP contribution >= 0.6 is 12.4 Å². The molecule has 1 heterocycles. The summed E-state index contributed by atoms with van der Waals surface area (Å²) in [6.45, 7) is 7.51. The number of hydrogen-bond acceptors (Lipinski definition) is 2. The molecule has 20 heavy (non-hydrogen) atoms. The number of amides is 1. The van der Waals surface area contributed by atoms with Gasteiger partial charge in [0.05, 0.1) is 0 Å². The van der Waals surface area contributed by atoms with Gasteiger partial charge in [-0.1, -0.05) is 26.7 Å². The van der Waals surface area contributed by atoms with Gasteiger partial charge in [-0.3, -0.25) is 4.79 Å². The molecule has 2 rings (SSSR count). The Hall–Kier alpha value is -0.280. The minimum atomic E-state index is 0. The fourth-order valence-electron chi connectivity index (χ4n) is 3.77. The van der Waals surface area contributed by atoms with Crippen molar-refractivity contribution in [2.75, 3.05) is 19.6 Å². The van der Waals surface area contributed by atoms with E-state index in [4.69, 9.17) is 0 Å². The van der Waals surface area contributed by atoms with E-state index < -0.39 is 0 Å². The third kappa shape index (κ3) is 4.92. The zero-order chi connectivity index (χ0) is 13.7. The second-order valence-electron chi connectivity index (χ2n) is 6.58. The van der Waals surface area contributed by atoms with E-state index in [1.54, 1.807) is 0 Å². The Bertz CT molecular complexity index is 292. The molecule has 1 amide bonds. The summed E-state index contributed by atoms with van der Waals surface area (Å²) in [5.74, 6) is 1.87. The summed E-state index contributed by atoms with van der Waals surface area (Å²) >= 11 is 0. The average Bonchev–Trinajstić information content (AvgIpc) is 2.89. The molecule has 3 atom stereocenters. The molecule has 1 aliphatic heterocycles. The van der Waals surface area contributed by atoms with Crippen molar-refractivity contribution in [2.24, 2.45) is 11.8 Å². The summed E-state index contributed by atoms with van der Waals surface area (Å²) in [6, 6.07) is 0.452. The Labute approximate surface area is 130 Å². The highest BCUT2D eigenvalue weighted by Crippen LogP contribution is 2.31. The number of nitrogens with zero attached hydrogens (tertiary/aromatic N) is 1. The van der Waals surface area contributed by atoms with Gasteiger partial charge in [-0.15, -0.1) is 12.4 Å². The van der Waals surface area contributed by atoms with E-state index in [0.717, 1.165) is 44.8 Å². The smallest absolute Gasteiger partial charge is 0.223 e. The summed E-state index contributed by atoms with van der Waals surface area (Å²) in [5, 5.41) is 3.38. The fraction of sp³-hybridized carbons (Fsp3) is 0.938. The molecule has 0 radical (unpaired) electrons. The van der Waals surface area contributed by atoms with Crippen molar-refractivity contribution in [2.45, 2.75) is 64.8 Å². The first-order valence-corrected chi connectivity index (χ1v) is 8.21. The zero-order valence-corrected chi connectivity index (χ0v) is 13.9. The number of rotatable bonds is 5. The molecular weight excluding hydrogens is 272 g/mol. The Morgan fingerprint density at radius 2 is 2.10 bits per heavy atom. The third-order valence-electron chi connectivity index (χ3n) is 4.77. The van der Waals surface area contributed by atoms with Crippen molar-refractivity contribution in [3.05, 3.63) is 0 Å². The Kier molecular flexibility index (Phi) is 7.90. The van der Waals surface area contributed by atoms with Crippen LogP contribution < -0.4 is 5.32 Å². The maximum atomic E-state index is 12.6.